The van der Waals surface area contributed by atoms with Gasteiger partial charge in [0.05, 0.1) is 12.8 Å². The molecule has 0 saturated heterocycles. The van der Waals surface area contributed by atoms with Crippen molar-refractivity contribution in [1.29, 1.82) is 0 Å². The predicted molar refractivity (Wildman–Crippen MR) is 90.8 cm³/mol. The molecule has 126 valence electrons. The molecule has 1 unspecified atom stereocenters. The van der Waals surface area contributed by atoms with Gasteiger partial charge in [-0.3, -0.25) is 4.79 Å². The molecule has 0 fully saturated rings. The highest BCUT2D eigenvalue weighted by molar-refractivity contribution is 7.89. The summed E-state index contributed by atoms with van der Waals surface area (Å²) in [6.07, 6.45) is -1.13. The molecular weight excluding hydrogens is 354 g/mol. The fourth-order valence-electron chi connectivity index (χ4n) is 2.25. The van der Waals surface area contributed by atoms with Gasteiger partial charge in [0.15, 0.2) is 6.17 Å². The van der Waals surface area contributed by atoms with Crippen LogP contribution in [0.5, 0.6) is 5.75 Å². The minimum Gasteiger partial charge on any atom is -0.497 e. The van der Waals surface area contributed by atoms with Crippen LogP contribution in [0.4, 0.5) is 11.4 Å². The minimum atomic E-state index is -3.84. The monoisotopic (exact) mass is 367 g/mol. The summed E-state index contributed by atoms with van der Waals surface area (Å²) in [4.78, 5) is 12.3. The van der Waals surface area contributed by atoms with Gasteiger partial charge in [0.25, 0.3) is 5.91 Å². The van der Waals surface area contributed by atoms with Crippen LogP contribution in [-0.2, 0) is 14.8 Å². The largest absolute Gasteiger partial charge is 0.497 e. The first-order valence-electron chi connectivity index (χ1n) is 6.92. The van der Waals surface area contributed by atoms with E-state index in [9.17, 15) is 13.2 Å². The lowest BCUT2D eigenvalue weighted by molar-refractivity contribution is -0.117. The predicted octanol–water partition coefficient (Wildman–Crippen LogP) is 2.02. The Bertz CT molecular complexity index is 884. The Labute approximate surface area is 144 Å². The van der Waals surface area contributed by atoms with Crippen LogP contribution in [0.2, 0.25) is 5.02 Å². The van der Waals surface area contributed by atoms with Gasteiger partial charge < -0.3 is 15.4 Å². The highest BCUT2D eigenvalue weighted by Gasteiger charge is 2.33. The first-order chi connectivity index (χ1) is 11.4. The van der Waals surface area contributed by atoms with E-state index in [-0.39, 0.29) is 4.90 Å². The fraction of sp³-hybridized carbons (Fsp3) is 0.133. The molecule has 0 spiro atoms. The van der Waals surface area contributed by atoms with Crippen molar-refractivity contribution in [3.8, 4) is 5.75 Å². The van der Waals surface area contributed by atoms with Crippen molar-refractivity contribution in [3.05, 3.63) is 47.5 Å². The molecule has 1 heterocycles. The third-order valence-corrected chi connectivity index (χ3v) is 5.12. The number of amides is 1. The number of hydrogen-bond acceptors (Lipinski definition) is 5. The van der Waals surface area contributed by atoms with Crippen molar-refractivity contribution >= 4 is 38.9 Å². The van der Waals surface area contributed by atoms with E-state index in [0.29, 0.717) is 22.1 Å². The summed E-state index contributed by atoms with van der Waals surface area (Å²) >= 11 is 5.83. The van der Waals surface area contributed by atoms with Crippen molar-refractivity contribution in [3.63, 3.8) is 0 Å². The topological polar surface area (TPSA) is 96.5 Å². The first-order valence-corrected chi connectivity index (χ1v) is 8.78. The molecule has 1 aliphatic rings. The second-order valence-corrected chi connectivity index (χ2v) is 7.18. The zero-order valence-electron chi connectivity index (χ0n) is 12.5. The number of halogens is 1. The second kappa shape index (κ2) is 6.31. The Morgan fingerprint density at radius 3 is 2.58 bits per heavy atom. The summed E-state index contributed by atoms with van der Waals surface area (Å²) in [5, 5.41) is 5.76. The number of sulfonamides is 1. The molecule has 1 atom stereocenters. The van der Waals surface area contributed by atoms with Gasteiger partial charge in [-0.25, -0.2) is 8.42 Å². The summed E-state index contributed by atoms with van der Waals surface area (Å²) in [7, 11) is -2.30. The zero-order valence-corrected chi connectivity index (χ0v) is 14.1. The average molecular weight is 368 g/mol. The Balaban J connectivity index is 1.80. The molecule has 0 saturated carbocycles. The minimum absolute atomic E-state index is 0.00324. The van der Waals surface area contributed by atoms with E-state index in [1.807, 2.05) is 0 Å². The van der Waals surface area contributed by atoms with Gasteiger partial charge in [-0.15, -0.1) is 0 Å². The molecule has 2 aromatic rings. The van der Waals surface area contributed by atoms with Crippen LogP contribution in [-0.4, -0.2) is 27.6 Å². The quantitative estimate of drug-likeness (QED) is 0.771. The van der Waals surface area contributed by atoms with Crippen molar-refractivity contribution in [1.82, 2.24) is 4.72 Å². The zero-order chi connectivity index (χ0) is 17.3. The van der Waals surface area contributed by atoms with Crippen molar-refractivity contribution in [2.45, 2.75) is 11.1 Å². The van der Waals surface area contributed by atoms with Gasteiger partial charge >= 0.3 is 0 Å². The molecule has 0 bridgehead atoms. The summed E-state index contributed by atoms with van der Waals surface area (Å²) in [5.41, 5.74) is 0.830. The smallest absolute Gasteiger partial charge is 0.262 e. The van der Waals surface area contributed by atoms with Gasteiger partial charge in [-0.1, -0.05) is 11.6 Å². The molecule has 9 heteroatoms. The number of anilines is 2. The number of fused-ring (bicyclic) bond motifs is 1. The van der Waals surface area contributed by atoms with E-state index in [1.165, 1.54) is 19.2 Å². The van der Waals surface area contributed by atoms with Crippen LogP contribution in [0, 0.1) is 0 Å². The molecule has 3 rings (SSSR count). The summed E-state index contributed by atoms with van der Waals surface area (Å²) in [5.74, 6) is 0.111. The van der Waals surface area contributed by atoms with Crippen LogP contribution in [0.15, 0.2) is 47.4 Å². The normalized spacial score (nSPS) is 18.2. The third-order valence-electron chi connectivity index (χ3n) is 3.43. The van der Waals surface area contributed by atoms with Gasteiger partial charge in [0, 0.05) is 10.7 Å². The standard InChI is InChI=1S/C15H14ClN3O4S/c1-23-11-5-3-10(4-6-11)17-15(20)14-18-12-7-2-9(16)8-13(12)24(21,22)19-14/h2-8,14,18-19H,1H3,(H,17,20). The molecule has 0 radical (unpaired) electrons. The molecule has 3 N–H and O–H groups in total. The van der Waals surface area contributed by atoms with E-state index in [4.69, 9.17) is 16.3 Å². The SMILES string of the molecule is COc1ccc(NC(=O)C2Nc3ccc(Cl)cc3S(=O)(=O)N2)cc1. The van der Waals surface area contributed by atoms with Crippen LogP contribution in [0.1, 0.15) is 0 Å². The maximum absolute atomic E-state index is 12.3. The molecule has 0 aromatic heterocycles. The molecule has 0 aliphatic carbocycles. The highest BCUT2D eigenvalue weighted by atomic mass is 35.5. The fourth-order valence-corrected chi connectivity index (χ4v) is 3.79. The first kappa shape index (κ1) is 16.6. The molecule has 7 nitrogen and oxygen atoms in total. The number of nitrogens with one attached hydrogen (secondary N) is 3. The second-order valence-electron chi connectivity index (χ2n) is 5.06. The molecule has 1 aliphatic heterocycles. The Morgan fingerprint density at radius 1 is 1.21 bits per heavy atom. The van der Waals surface area contributed by atoms with Gasteiger partial charge in [-0.2, -0.15) is 4.72 Å². The maximum atomic E-state index is 12.3. The van der Waals surface area contributed by atoms with Crippen molar-refractivity contribution in [2.24, 2.45) is 0 Å². The van der Waals surface area contributed by atoms with Gasteiger partial charge in [0.2, 0.25) is 10.0 Å². The Morgan fingerprint density at radius 2 is 1.92 bits per heavy atom. The number of rotatable bonds is 3. The summed E-state index contributed by atoms with van der Waals surface area (Å²) in [6.45, 7) is 0. The Kier molecular flexibility index (Phi) is 4.35. The van der Waals surface area contributed by atoms with Crippen molar-refractivity contribution in [2.75, 3.05) is 17.7 Å². The van der Waals surface area contributed by atoms with Gasteiger partial charge in [0.1, 0.15) is 10.6 Å². The van der Waals surface area contributed by atoms with E-state index in [2.05, 4.69) is 15.4 Å². The average Bonchev–Trinajstić information content (AvgIpc) is 2.55. The number of benzene rings is 2. The highest BCUT2D eigenvalue weighted by Crippen LogP contribution is 2.29. The Hall–Kier alpha value is -2.29. The van der Waals surface area contributed by atoms with E-state index >= 15 is 0 Å². The van der Waals surface area contributed by atoms with Gasteiger partial charge in [-0.05, 0) is 42.5 Å². The molecule has 24 heavy (non-hydrogen) atoms. The van der Waals surface area contributed by atoms with E-state index in [1.54, 1.807) is 30.3 Å². The molecule has 2 aromatic carbocycles. The van der Waals surface area contributed by atoms with Crippen LogP contribution < -0.4 is 20.1 Å². The van der Waals surface area contributed by atoms with E-state index in [0.717, 1.165) is 0 Å². The number of carbonyl (C=O) groups excluding carboxylic acids is 1. The summed E-state index contributed by atoms with van der Waals surface area (Å²) < 4.78 is 31.9. The number of carbonyl (C=O) groups is 1. The third kappa shape index (κ3) is 3.30. The maximum Gasteiger partial charge on any atom is 0.262 e. The van der Waals surface area contributed by atoms with Crippen LogP contribution in [0.3, 0.4) is 0 Å². The summed E-state index contributed by atoms with van der Waals surface area (Å²) in [6, 6.07) is 11.1. The number of ether oxygens (including phenoxy) is 1. The lowest BCUT2D eigenvalue weighted by atomic mass is 10.2. The van der Waals surface area contributed by atoms with Crippen molar-refractivity contribution < 1.29 is 17.9 Å². The molecule has 1 amide bonds. The molecular formula is C15H14ClN3O4S. The lowest BCUT2D eigenvalue weighted by Gasteiger charge is -2.27. The van der Waals surface area contributed by atoms with Crippen LogP contribution >= 0.6 is 11.6 Å². The lowest BCUT2D eigenvalue weighted by Crippen LogP contribution is -2.51. The number of methoxy groups -OCH3 is 1. The number of hydrogen-bond donors (Lipinski definition) is 3. The van der Waals surface area contributed by atoms with E-state index < -0.39 is 22.1 Å². The van der Waals surface area contributed by atoms with Crippen LogP contribution in [0.25, 0.3) is 0 Å².